The minimum atomic E-state index is 0.894. The summed E-state index contributed by atoms with van der Waals surface area (Å²) in [7, 11) is 0. The van der Waals surface area contributed by atoms with E-state index < -0.39 is 0 Å². The summed E-state index contributed by atoms with van der Waals surface area (Å²) < 4.78 is 0. The maximum atomic E-state index is 5.27. The van der Waals surface area contributed by atoms with E-state index >= 15 is 0 Å². The van der Waals surface area contributed by atoms with Gasteiger partial charge in [0.1, 0.15) is 0 Å². The minimum absolute atomic E-state index is 0.894. The van der Waals surface area contributed by atoms with Gasteiger partial charge in [-0.3, -0.25) is 0 Å². The van der Waals surface area contributed by atoms with E-state index in [9.17, 15) is 0 Å². The topological polar surface area (TPSA) is 26.0 Å². The van der Waals surface area contributed by atoms with Crippen LogP contribution < -0.4 is 5.73 Å². The molecule has 1 rings (SSSR count). The number of hydrogen-bond donors (Lipinski definition) is 1. The van der Waals surface area contributed by atoms with Crippen molar-refractivity contribution in [2.45, 2.75) is 52.4 Å². The second-order valence-corrected chi connectivity index (χ2v) is 3.37. The van der Waals surface area contributed by atoms with Crippen molar-refractivity contribution in [1.82, 2.24) is 0 Å². The Balaban J connectivity index is 0.000000187. The fraction of sp³-hybridized carbons (Fsp3) is 1.00. The number of rotatable bonds is 4. The monoisotopic (exact) mass is 157 g/mol. The van der Waals surface area contributed by atoms with Gasteiger partial charge in [-0.2, -0.15) is 0 Å². The molecule has 0 unspecified atom stereocenters. The lowest BCUT2D eigenvalue weighted by Gasteiger charge is -1.83. The molecule has 1 nitrogen and oxygen atoms in total. The Hall–Kier alpha value is -0.0400. The Labute approximate surface area is 71.4 Å². The van der Waals surface area contributed by atoms with Gasteiger partial charge < -0.3 is 5.73 Å². The summed E-state index contributed by atoms with van der Waals surface area (Å²) in [6, 6.07) is 0. The summed E-state index contributed by atoms with van der Waals surface area (Å²) in [6.07, 6.45) is 8.22. The molecular formula is C10H23N. The van der Waals surface area contributed by atoms with Gasteiger partial charge in [0.05, 0.1) is 0 Å². The Kier molecular flexibility index (Phi) is 8.03. The van der Waals surface area contributed by atoms with Crippen LogP contribution in [0, 0.1) is 5.92 Å². The molecule has 0 bridgehead atoms. The van der Waals surface area contributed by atoms with Gasteiger partial charge in [0, 0.05) is 0 Å². The Morgan fingerprint density at radius 2 is 1.73 bits per heavy atom. The van der Waals surface area contributed by atoms with Crippen LogP contribution in [0.1, 0.15) is 52.4 Å². The molecule has 1 aliphatic rings. The van der Waals surface area contributed by atoms with Crippen molar-refractivity contribution in [2.24, 2.45) is 11.7 Å². The highest BCUT2D eigenvalue weighted by atomic mass is 14.5. The lowest BCUT2D eigenvalue weighted by Crippen LogP contribution is -1.98. The zero-order valence-corrected chi connectivity index (χ0v) is 8.10. The second kappa shape index (κ2) is 8.06. The number of hydrogen-bond acceptors (Lipinski definition) is 1. The molecule has 0 aromatic rings. The van der Waals surface area contributed by atoms with Crippen LogP contribution in [-0.4, -0.2) is 6.54 Å². The molecule has 1 aliphatic carbocycles. The Morgan fingerprint density at radius 1 is 1.18 bits per heavy atom. The lowest BCUT2D eigenvalue weighted by molar-refractivity contribution is 0.739. The molecule has 11 heavy (non-hydrogen) atoms. The molecule has 0 aromatic heterocycles. The molecule has 0 aromatic carbocycles. The molecule has 0 atom stereocenters. The molecule has 2 N–H and O–H groups in total. The van der Waals surface area contributed by atoms with Crippen LogP contribution >= 0.6 is 0 Å². The predicted octanol–water partition coefficient (Wildman–Crippen LogP) is 2.94. The third-order valence-corrected chi connectivity index (χ3v) is 1.98. The molecule has 0 amide bonds. The SMILES string of the molecule is CCCCC.NCCC1CC1. The molecule has 0 spiro atoms. The van der Waals surface area contributed by atoms with Gasteiger partial charge in [0.2, 0.25) is 0 Å². The summed E-state index contributed by atoms with van der Waals surface area (Å²) in [5.74, 6) is 1.02. The maximum Gasteiger partial charge on any atom is -0.00746 e. The first kappa shape index (κ1) is 11.0. The van der Waals surface area contributed by atoms with Gasteiger partial charge in [-0.15, -0.1) is 0 Å². The van der Waals surface area contributed by atoms with E-state index in [4.69, 9.17) is 5.73 Å². The lowest BCUT2D eigenvalue weighted by atomic mass is 10.3. The first-order chi connectivity index (χ1) is 5.35. The molecule has 0 aliphatic heterocycles. The van der Waals surface area contributed by atoms with Crippen LogP contribution in [0.3, 0.4) is 0 Å². The molecule has 0 saturated heterocycles. The van der Waals surface area contributed by atoms with Gasteiger partial charge in [0.15, 0.2) is 0 Å². The summed E-state index contributed by atoms with van der Waals surface area (Å²) in [4.78, 5) is 0. The molecule has 0 radical (unpaired) electrons. The highest BCUT2D eigenvalue weighted by Crippen LogP contribution is 2.31. The van der Waals surface area contributed by atoms with E-state index in [0.29, 0.717) is 0 Å². The van der Waals surface area contributed by atoms with Gasteiger partial charge in [0.25, 0.3) is 0 Å². The highest BCUT2D eigenvalue weighted by Gasteiger charge is 2.18. The van der Waals surface area contributed by atoms with Crippen molar-refractivity contribution in [3.05, 3.63) is 0 Å². The van der Waals surface area contributed by atoms with Gasteiger partial charge in [-0.05, 0) is 18.9 Å². The average Bonchev–Trinajstić information content (AvgIpc) is 2.76. The standard InChI is InChI=1S/C5H11N.C5H12/c6-4-3-5-1-2-5;1-3-5-4-2/h5H,1-4,6H2;3-5H2,1-2H3. The van der Waals surface area contributed by atoms with Crippen molar-refractivity contribution >= 4 is 0 Å². The van der Waals surface area contributed by atoms with Crippen LogP contribution in [0.2, 0.25) is 0 Å². The highest BCUT2D eigenvalue weighted by molar-refractivity contribution is 4.72. The van der Waals surface area contributed by atoms with Gasteiger partial charge in [-0.1, -0.05) is 46.0 Å². The molecule has 68 valence electrons. The van der Waals surface area contributed by atoms with Crippen LogP contribution in [0.5, 0.6) is 0 Å². The normalized spacial score (nSPS) is 15.5. The van der Waals surface area contributed by atoms with Crippen LogP contribution in [0.25, 0.3) is 0 Å². The number of nitrogens with two attached hydrogens (primary N) is 1. The van der Waals surface area contributed by atoms with Crippen LogP contribution in [-0.2, 0) is 0 Å². The van der Waals surface area contributed by atoms with Gasteiger partial charge >= 0.3 is 0 Å². The maximum absolute atomic E-state index is 5.27. The first-order valence-electron chi connectivity index (χ1n) is 5.05. The largest absolute Gasteiger partial charge is 0.330 e. The average molecular weight is 157 g/mol. The van der Waals surface area contributed by atoms with Crippen molar-refractivity contribution in [1.29, 1.82) is 0 Å². The summed E-state index contributed by atoms with van der Waals surface area (Å²) in [6.45, 7) is 5.32. The van der Waals surface area contributed by atoms with Crippen molar-refractivity contribution in [3.8, 4) is 0 Å². The Morgan fingerprint density at radius 3 is 1.82 bits per heavy atom. The fourth-order valence-electron chi connectivity index (χ4n) is 0.996. The quantitative estimate of drug-likeness (QED) is 0.667. The van der Waals surface area contributed by atoms with E-state index in [-0.39, 0.29) is 0 Å². The predicted molar refractivity (Wildman–Crippen MR) is 51.6 cm³/mol. The van der Waals surface area contributed by atoms with E-state index in [1.54, 1.807) is 0 Å². The Bertz CT molecular complexity index is 65.3. The van der Waals surface area contributed by atoms with Crippen LogP contribution in [0.4, 0.5) is 0 Å². The van der Waals surface area contributed by atoms with Crippen molar-refractivity contribution < 1.29 is 0 Å². The summed E-state index contributed by atoms with van der Waals surface area (Å²) in [5, 5.41) is 0. The third-order valence-electron chi connectivity index (χ3n) is 1.98. The molecule has 1 fully saturated rings. The van der Waals surface area contributed by atoms with Crippen LogP contribution in [0.15, 0.2) is 0 Å². The fourth-order valence-corrected chi connectivity index (χ4v) is 0.996. The van der Waals surface area contributed by atoms with Gasteiger partial charge in [-0.25, -0.2) is 0 Å². The van der Waals surface area contributed by atoms with Crippen molar-refractivity contribution in [2.75, 3.05) is 6.54 Å². The van der Waals surface area contributed by atoms with E-state index in [0.717, 1.165) is 12.5 Å². The molecule has 1 saturated carbocycles. The van der Waals surface area contributed by atoms with E-state index in [2.05, 4.69) is 13.8 Å². The van der Waals surface area contributed by atoms with E-state index in [1.807, 2.05) is 0 Å². The molecule has 1 heteroatoms. The molecular weight excluding hydrogens is 134 g/mol. The summed E-state index contributed by atoms with van der Waals surface area (Å²) >= 11 is 0. The number of unbranched alkanes of at least 4 members (excludes halogenated alkanes) is 2. The first-order valence-corrected chi connectivity index (χ1v) is 5.05. The minimum Gasteiger partial charge on any atom is -0.330 e. The zero-order chi connectivity index (χ0) is 8.53. The van der Waals surface area contributed by atoms with Crippen molar-refractivity contribution in [3.63, 3.8) is 0 Å². The third kappa shape index (κ3) is 9.96. The second-order valence-electron chi connectivity index (χ2n) is 3.37. The molecule has 0 heterocycles. The summed E-state index contributed by atoms with van der Waals surface area (Å²) in [5.41, 5.74) is 5.27. The smallest absolute Gasteiger partial charge is 0.00746 e. The van der Waals surface area contributed by atoms with E-state index in [1.165, 1.54) is 38.5 Å². The zero-order valence-electron chi connectivity index (χ0n) is 8.10.